The Morgan fingerprint density at radius 2 is 1.80 bits per heavy atom. The number of amides is 1. The van der Waals surface area contributed by atoms with Gasteiger partial charge in [-0.1, -0.05) is 24.3 Å². The Morgan fingerprint density at radius 3 is 2.56 bits per heavy atom. The van der Waals surface area contributed by atoms with Gasteiger partial charge in [0, 0.05) is 64.9 Å². The molecule has 1 atom stereocenters. The number of ether oxygens (including phenoxy) is 3. The van der Waals surface area contributed by atoms with E-state index in [-0.39, 0.29) is 12.3 Å². The first-order valence-electron chi connectivity index (χ1n) is 15.0. The van der Waals surface area contributed by atoms with Crippen molar-refractivity contribution in [3.05, 3.63) is 122 Å². The zero-order chi connectivity index (χ0) is 31.1. The number of carbonyl (C=O) groups excluding carboxylic acids is 2. The number of non-ortho nitro benzene ring substituents is 1. The fourth-order valence-corrected chi connectivity index (χ4v) is 6.98. The average molecular weight is 606 g/mol. The first kappa shape index (κ1) is 28.4. The lowest BCUT2D eigenvalue weighted by Gasteiger charge is -2.44. The van der Waals surface area contributed by atoms with Crippen LogP contribution >= 0.6 is 0 Å². The second-order valence-corrected chi connectivity index (χ2v) is 11.6. The van der Waals surface area contributed by atoms with Crippen LogP contribution in [-0.4, -0.2) is 30.6 Å². The summed E-state index contributed by atoms with van der Waals surface area (Å²) in [6, 6.07) is 21.1. The van der Waals surface area contributed by atoms with Crippen LogP contribution in [0.1, 0.15) is 51.8 Å². The van der Waals surface area contributed by atoms with Crippen LogP contribution in [0.25, 0.3) is 0 Å². The van der Waals surface area contributed by atoms with Gasteiger partial charge in [-0.15, -0.1) is 0 Å². The lowest BCUT2D eigenvalue weighted by Crippen LogP contribution is -2.39. The van der Waals surface area contributed by atoms with Gasteiger partial charge < -0.3 is 19.1 Å². The predicted molar refractivity (Wildman–Crippen MR) is 167 cm³/mol. The second kappa shape index (κ2) is 11.3. The maximum Gasteiger partial charge on any atom is 0.411 e. The second-order valence-electron chi connectivity index (χ2n) is 11.6. The van der Waals surface area contributed by atoms with Crippen LogP contribution in [-0.2, 0) is 39.3 Å². The molecular weight excluding hydrogens is 574 g/mol. The molecule has 0 saturated heterocycles. The Morgan fingerprint density at radius 1 is 1.02 bits per heavy atom. The molecule has 7 rings (SSSR count). The highest BCUT2D eigenvalue weighted by Crippen LogP contribution is 2.57. The Labute approximate surface area is 259 Å². The Hall–Kier alpha value is -5.38. The van der Waals surface area contributed by atoms with Crippen LogP contribution in [0, 0.1) is 17.0 Å². The molecule has 45 heavy (non-hydrogen) atoms. The summed E-state index contributed by atoms with van der Waals surface area (Å²) in [4.78, 5) is 38.0. The van der Waals surface area contributed by atoms with Crippen molar-refractivity contribution in [3.63, 3.8) is 0 Å². The van der Waals surface area contributed by atoms with E-state index in [1.807, 2.05) is 37.3 Å². The van der Waals surface area contributed by atoms with E-state index in [1.54, 1.807) is 24.3 Å². The SMILES string of the molecule is Cc1ccccc1C1(OC=O)c2ccc(NC(=O)OCc3ccc([N+](=O)[O-])cc3)cc2Oc2c1cc1c3c2CCCN3CCC1. The summed E-state index contributed by atoms with van der Waals surface area (Å²) in [6.07, 6.45) is 3.14. The number of nitro benzene ring substituents is 1. The number of fused-ring (bicyclic) bond motifs is 3. The van der Waals surface area contributed by atoms with Crippen molar-refractivity contribution in [2.75, 3.05) is 23.3 Å². The first-order valence-corrected chi connectivity index (χ1v) is 15.0. The Bertz CT molecular complexity index is 1840. The summed E-state index contributed by atoms with van der Waals surface area (Å²) in [5, 5.41) is 13.7. The van der Waals surface area contributed by atoms with Gasteiger partial charge in [-0.25, -0.2) is 4.79 Å². The van der Waals surface area contributed by atoms with E-state index in [9.17, 15) is 19.7 Å². The molecule has 0 aliphatic carbocycles. The molecule has 0 saturated carbocycles. The lowest BCUT2D eigenvalue weighted by atomic mass is 9.73. The number of nitrogens with one attached hydrogen (secondary N) is 1. The number of aryl methyl sites for hydroxylation is 2. The van der Waals surface area contributed by atoms with Crippen LogP contribution in [0.5, 0.6) is 11.5 Å². The molecule has 1 amide bonds. The smallest absolute Gasteiger partial charge is 0.411 e. The fraction of sp³-hybridized carbons (Fsp3) is 0.257. The van der Waals surface area contributed by atoms with Crippen molar-refractivity contribution in [1.82, 2.24) is 0 Å². The zero-order valence-electron chi connectivity index (χ0n) is 24.7. The molecule has 1 unspecified atom stereocenters. The maximum atomic E-state index is 12.8. The van der Waals surface area contributed by atoms with Gasteiger partial charge in [0.05, 0.1) is 4.92 Å². The molecule has 10 heteroatoms. The minimum atomic E-state index is -1.27. The largest absolute Gasteiger partial charge is 0.456 e. The molecule has 3 heterocycles. The number of hydrogen-bond acceptors (Lipinski definition) is 8. The van der Waals surface area contributed by atoms with E-state index >= 15 is 0 Å². The standard InChI is InChI=1S/C35H31N3O7/c1-22-6-2-3-9-28(22)35(44-21-39)29-15-12-25(36-34(40)43-20-23-10-13-26(14-11-23)38(41)42)19-31(29)45-33-27-8-5-17-37-16-4-7-24(32(27)37)18-30(33)35/h2-3,6,9-15,18-19,21H,4-5,7-8,16-17,20H2,1H3,(H,36,40). The minimum absolute atomic E-state index is 0.0403. The molecule has 0 aromatic heterocycles. The molecule has 3 aliphatic rings. The number of nitro groups is 1. The van der Waals surface area contributed by atoms with E-state index in [4.69, 9.17) is 14.2 Å². The van der Waals surface area contributed by atoms with Crippen molar-refractivity contribution in [2.24, 2.45) is 0 Å². The van der Waals surface area contributed by atoms with Gasteiger partial charge in [0.15, 0.2) is 5.60 Å². The number of benzene rings is 4. The van der Waals surface area contributed by atoms with Gasteiger partial charge >= 0.3 is 6.09 Å². The summed E-state index contributed by atoms with van der Waals surface area (Å²) < 4.78 is 18.3. The number of rotatable bonds is 7. The van der Waals surface area contributed by atoms with Gasteiger partial charge in [-0.05, 0) is 79.6 Å². The molecular formula is C35H31N3O7. The molecule has 4 aromatic carbocycles. The maximum absolute atomic E-state index is 12.8. The van der Waals surface area contributed by atoms with Crippen LogP contribution in [0.4, 0.5) is 21.9 Å². The van der Waals surface area contributed by atoms with Crippen molar-refractivity contribution >= 4 is 29.6 Å². The van der Waals surface area contributed by atoms with E-state index in [0.29, 0.717) is 34.8 Å². The third-order valence-corrected chi connectivity index (χ3v) is 8.94. The minimum Gasteiger partial charge on any atom is -0.456 e. The number of nitrogens with zero attached hydrogens (tertiary/aromatic N) is 2. The van der Waals surface area contributed by atoms with E-state index in [1.165, 1.54) is 23.4 Å². The van der Waals surface area contributed by atoms with Crippen LogP contribution in [0.3, 0.4) is 0 Å². The summed E-state index contributed by atoms with van der Waals surface area (Å²) in [5.74, 6) is 1.15. The molecule has 4 aromatic rings. The van der Waals surface area contributed by atoms with Crippen molar-refractivity contribution in [3.8, 4) is 11.5 Å². The third-order valence-electron chi connectivity index (χ3n) is 8.94. The lowest BCUT2D eigenvalue weighted by molar-refractivity contribution is -0.384. The molecule has 1 N–H and O–H groups in total. The Balaban J connectivity index is 1.28. The quantitative estimate of drug-likeness (QED) is 0.137. The van der Waals surface area contributed by atoms with E-state index in [2.05, 4.69) is 16.3 Å². The molecule has 3 aliphatic heterocycles. The Kier molecular flexibility index (Phi) is 7.12. The number of carbonyl (C=O) groups is 2. The van der Waals surface area contributed by atoms with Gasteiger partial charge in [0.2, 0.25) is 0 Å². The van der Waals surface area contributed by atoms with E-state index in [0.717, 1.165) is 61.0 Å². The first-order chi connectivity index (χ1) is 21.9. The predicted octanol–water partition coefficient (Wildman–Crippen LogP) is 6.92. The number of hydrogen-bond donors (Lipinski definition) is 1. The summed E-state index contributed by atoms with van der Waals surface area (Å²) >= 11 is 0. The van der Waals surface area contributed by atoms with E-state index < -0.39 is 16.6 Å². The van der Waals surface area contributed by atoms with Gasteiger partial charge in [0.1, 0.15) is 18.1 Å². The topological polar surface area (TPSA) is 120 Å². The van der Waals surface area contributed by atoms with Crippen LogP contribution in [0.2, 0.25) is 0 Å². The summed E-state index contributed by atoms with van der Waals surface area (Å²) in [5.41, 5.74) is 6.57. The van der Waals surface area contributed by atoms with Crippen molar-refractivity contribution in [1.29, 1.82) is 0 Å². The van der Waals surface area contributed by atoms with Gasteiger partial charge in [-0.3, -0.25) is 20.2 Å². The summed E-state index contributed by atoms with van der Waals surface area (Å²) in [7, 11) is 0. The van der Waals surface area contributed by atoms with Crippen LogP contribution in [0.15, 0.2) is 72.8 Å². The van der Waals surface area contributed by atoms with Crippen LogP contribution < -0.4 is 15.0 Å². The average Bonchev–Trinajstić information content (AvgIpc) is 3.05. The summed E-state index contributed by atoms with van der Waals surface area (Å²) in [6.45, 7) is 4.44. The van der Waals surface area contributed by atoms with Crippen molar-refractivity contribution in [2.45, 2.75) is 44.8 Å². The van der Waals surface area contributed by atoms with Gasteiger partial charge in [-0.2, -0.15) is 0 Å². The highest BCUT2D eigenvalue weighted by Gasteiger charge is 2.49. The molecule has 228 valence electrons. The highest BCUT2D eigenvalue weighted by molar-refractivity contribution is 5.85. The monoisotopic (exact) mass is 605 g/mol. The highest BCUT2D eigenvalue weighted by atomic mass is 16.6. The van der Waals surface area contributed by atoms with Crippen molar-refractivity contribution < 1.29 is 28.7 Å². The molecule has 0 spiro atoms. The normalized spacial score (nSPS) is 17.6. The number of anilines is 2. The molecule has 0 fully saturated rings. The third kappa shape index (κ3) is 4.82. The molecule has 0 bridgehead atoms. The zero-order valence-corrected chi connectivity index (χ0v) is 24.7. The molecule has 10 nitrogen and oxygen atoms in total. The van der Waals surface area contributed by atoms with Gasteiger partial charge in [0.25, 0.3) is 12.2 Å². The fourth-order valence-electron chi connectivity index (χ4n) is 6.98. The molecule has 0 radical (unpaired) electrons.